The van der Waals surface area contributed by atoms with Gasteiger partial charge < -0.3 is 5.32 Å². The molecule has 0 saturated carbocycles. The molecule has 3 rings (SSSR count). The van der Waals surface area contributed by atoms with E-state index in [9.17, 15) is 26.4 Å². The number of hydrogen-bond acceptors (Lipinski definition) is 3. The lowest BCUT2D eigenvalue weighted by molar-refractivity contribution is -0.122. The van der Waals surface area contributed by atoms with E-state index in [0.29, 0.717) is 4.31 Å². The molecule has 174 valence electrons. The van der Waals surface area contributed by atoms with E-state index in [1.54, 1.807) is 0 Å². The molecule has 3 aromatic rings. The lowest BCUT2D eigenvalue weighted by atomic mass is 10.2. The van der Waals surface area contributed by atoms with Crippen LogP contribution in [-0.2, 0) is 21.4 Å². The van der Waals surface area contributed by atoms with Gasteiger partial charge in [-0.2, -0.15) is 0 Å². The van der Waals surface area contributed by atoms with Crippen LogP contribution in [0.4, 0.5) is 18.9 Å². The average Bonchev–Trinajstić information content (AvgIpc) is 2.76. The van der Waals surface area contributed by atoms with Crippen molar-refractivity contribution in [2.45, 2.75) is 24.4 Å². The van der Waals surface area contributed by atoms with E-state index >= 15 is 0 Å². The zero-order valence-corrected chi connectivity index (χ0v) is 19.4. The van der Waals surface area contributed by atoms with Gasteiger partial charge in [-0.1, -0.05) is 29.3 Å². The number of sulfonamides is 1. The van der Waals surface area contributed by atoms with Gasteiger partial charge in [0.25, 0.3) is 10.0 Å². The summed E-state index contributed by atoms with van der Waals surface area (Å²) in [4.78, 5) is 12.6. The van der Waals surface area contributed by atoms with E-state index in [-0.39, 0.29) is 14.9 Å². The van der Waals surface area contributed by atoms with Gasteiger partial charge in [-0.3, -0.25) is 9.10 Å². The van der Waals surface area contributed by atoms with Crippen molar-refractivity contribution in [1.82, 2.24) is 5.32 Å². The highest BCUT2D eigenvalue weighted by Gasteiger charge is 2.35. The number of carbonyl (C=O) groups is 1. The molecule has 0 aliphatic heterocycles. The monoisotopic (exact) mass is 516 g/mol. The van der Waals surface area contributed by atoms with Crippen molar-refractivity contribution < 1.29 is 26.4 Å². The number of hydrogen-bond donors (Lipinski definition) is 1. The van der Waals surface area contributed by atoms with Crippen molar-refractivity contribution in [3.05, 3.63) is 93.7 Å². The molecule has 33 heavy (non-hydrogen) atoms. The molecule has 0 bridgehead atoms. The van der Waals surface area contributed by atoms with Gasteiger partial charge in [-0.15, -0.1) is 0 Å². The summed E-state index contributed by atoms with van der Waals surface area (Å²) in [5.74, 6) is -3.63. The largest absolute Gasteiger partial charge is 0.350 e. The van der Waals surface area contributed by atoms with E-state index in [0.717, 1.165) is 24.3 Å². The second kappa shape index (κ2) is 10.0. The van der Waals surface area contributed by atoms with Crippen LogP contribution in [-0.4, -0.2) is 20.4 Å². The van der Waals surface area contributed by atoms with Gasteiger partial charge in [0, 0.05) is 22.2 Å². The molecule has 1 atom stereocenters. The maximum Gasteiger partial charge on any atom is 0.265 e. The number of anilines is 1. The number of amides is 1. The molecular formula is C22H17Cl2F3N2O3S. The summed E-state index contributed by atoms with van der Waals surface area (Å²) in [5.41, 5.74) is -0.878. The first-order valence-electron chi connectivity index (χ1n) is 9.48. The van der Waals surface area contributed by atoms with Crippen LogP contribution in [0.5, 0.6) is 0 Å². The zero-order valence-electron chi connectivity index (χ0n) is 17.0. The third-order valence-electron chi connectivity index (χ3n) is 4.75. The van der Waals surface area contributed by atoms with Crippen LogP contribution in [0.2, 0.25) is 10.0 Å². The fraction of sp³-hybridized carbons (Fsp3) is 0.136. The van der Waals surface area contributed by atoms with E-state index in [2.05, 4.69) is 5.32 Å². The molecule has 0 saturated heterocycles. The van der Waals surface area contributed by atoms with Gasteiger partial charge in [0.05, 0.1) is 10.6 Å². The molecule has 0 spiro atoms. The molecule has 1 N–H and O–H groups in total. The summed E-state index contributed by atoms with van der Waals surface area (Å²) in [6, 6.07) is 9.98. The van der Waals surface area contributed by atoms with Crippen molar-refractivity contribution in [3.8, 4) is 0 Å². The lowest BCUT2D eigenvalue weighted by Crippen LogP contribution is -2.48. The Bertz CT molecular complexity index is 1270. The number of halogens is 5. The summed E-state index contributed by atoms with van der Waals surface area (Å²) in [6.45, 7) is 0.662. The summed E-state index contributed by atoms with van der Waals surface area (Å²) >= 11 is 11.8. The van der Waals surface area contributed by atoms with Crippen molar-refractivity contribution in [1.29, 1.82) is 0 Å². The quantitative estimate of drug-likeness (QED) is 0.462. The van der Waals surface area contributed by atoms with Crippen LogP contribution in [0.25, 0.3) is 0 Å². The SMILES string of the molecule is CC(C(=O)NCc1c(F)cccc1F)N(c1cc(Cl)ccc1F)S(=O)(=O)c1ccc(Cl)cc1. The first-order chi connectivity index (χ1) is 15.5. The Kier molecular flexibility index (Phi) is 7.56. The summed E-state index contributed by atoms with van der Waals surface area (Å²) in [5, 5.41) is 2.60. The van der Waals surface area contributed by atoms with E-state index in [1.165, 1.54) is 43.3 Å². The van der Waals surface area contributed by atoms with E-state index in [1.807, 2.05) is 0 Å². The van der Waals surface area contributed by atoms with Crippen molar-refractivity contribution in [2.75, 3.05) is 4.31 Å². The van der Waals surface area contributed by atoms with Crippen molar-refractivity contribution in [2.24, 2.45) is 0 Å². The number of benzene rings is 3. The van der Waals surface area contributed by atoms with Gasteiger partial charge in [-0.05, 0) is 61.5 Å². The topological polar surface area (TPSA) is 66.5 Å². The fourth-order valence-electron chi connectivity index (χ4n) is 3.05. The normalized spacial score (nSPS) is 12.3. The number of carbonyl (C=O) groups excluding carboxylic acids is 1. The first kappa shape index (κ1) is 24.9. The fourth-order valence-corrected chi connectivity index (χ4v) is 4.96. The molecule has 11 heteroatoms. The number of nitrogens with zero attached hydrogens (tertiary/aromatic N) is 1. The number of rotatable bonds is 7. The Morgan fingerprint density at radius 1 is 0.939 bits per heavy atom. The lowest BCUT2D eigenvalue weighted by Gasteiger charge is -2.30. The molecule has 5 nitrogen and oxygen atoms in total. The van der Waals surface area contributed by atoms with Gasteiger partial charge >= 0.3 is 0 Å². The standard InChI is InChI=1S/C22H17Cl2F3N2O3S/c1-13(22(30)28-12-17-18(25)3-2-4-19(17)26)29(21-11-15(24)7-10-20(21)27)33(31,32)16-8-5-14(23)6-9-16/h2-11,13H,12H2,1H3,(H,28,30). The van der Waals surface area contributed by atoms with Crippen LogP contribution >= 0.6 is 23.2 Å². The summed E-state index contributed by atoms with van der Waals surface area (Å²) < 4.78 is 69.9. The minimum absolute atomic E-state index is 0.0312. The molecule has 0 fully saturated rings. The van der Waals surface area contributed by atoms with Crippen LogP contribution in [0.3, 0.4) is 0 Å². The van der Waals surface area contributed by atoms with Crippen LogP contribution < -0.4 is 9.62 Å². The molecular weight excluding hydrogens is 500 g/mol. The minimum atomic E-state index is -4.49. The van der Waals surface area contributed by atoms with Crippen molar-refractivity contribution >= 4 is 44.8 Å². The van der Waals surface area contributed by atoms with Gasteiger partial charge in [0.1, 0.15) is 23.5 Å². The van der Waals surface area contributed by atoms with Crippen LogP contribution in [0.1, 0.15) is 12.5 Å². The van der Waals surface area contributed by atoms with Gasteiger partial charge in [-0.25, -0.2) is 21.6 Å². The number of nitrogens with one attached hydrogen (secondary N) is 1. The van der Waals surface area contributed by atoms with Crippen LogP contribution in [0.15, 0.2) is 65.6 Å². The second-order valence-electron chi connectivity index (χ2n) is 6.94. The minimum Gasteiger partial charge on any atom is -0.350 e. The van der Waals surface area contributed by atoms with E-state index in [4.69, 9.17) is 23.2 Å². The highest BCUT2D eigenvalue weighted by atomic mass is 35.5. The Morgan fingerprint density at radius 2 is 1.52 bits per heavy atom. The first-order valence-corrected chi connectivity index (χ1v) is 11.7. The maximum atomic E-state index is 14.7. The molecule has 0 aromatic heterocycles. The second-order valence-corrected chi connectivity index (χ2v) is 9.63. The molecule has 3 aromatic carbocycles. The molecule has 0 heterocycles. The van der Waals surface area contributed by atoms with Crippen LogP contribution in [0, 0.1) is 17.5 Å². The highest BCUT2D eigenvalue weighted by molar-refractivity contribution is 7.93. The third-order valence-corrected chi connectivity index (χ3v) is 7.13. The summed E-state index contributed by atoms with van der Waals surface area (Å²) in [7, 11) is -4.49. The molecule has 0 aliphatic rings. The molecule has 1 unspecified atom stereocenters. The van der Waals surface area contributed by atoms with Gasteiger partial charge in [0.15, 0.2) is 0 Å². The molecule has 1 amide bonds. The molecule has 0 radical (unpaired) electrons. The Hall–Kier alpha value is -2.75. The maximum absolute atomic E-state index is 14.7. The highest BCUT2D eigenvalue weighted by Crippen LogP contribution is 2.31. The predicted octanol–water partition coefficient (Wildman–Crippen LogP) is 5.31. The molecule has 0 aliphatic carbocycles. The smallest absolute Gasteiger partial charge is 0.265 e. The predicted molar refractivity (Wildman–Crippen MR) is 120 cm³/mol. The zero-order chi connectivity index (χ0) is 24.3. The average molecular weight is 517 g/mol. The Labute approximate surface area is 198 Å². The Balaban J connectivity index is 2.00. The van der Waals surface area contributed by atoms with E-state index < -0.39 is 57.2 Å². The van der Waals surface area contributed by atoms with Crippen molar-refractivity contribution in [3.63, 3.8) is 0 Å². The third kappa shape index (κ3) is 5.43. The summed E-state index contributed by atoms with van der Waals surface area (Å²) in [6.07, 6.45) is 0. The van der Waals surface area contributed by atoms with Gasteiger partial charge in [0.2, 0.25) is 5.91 Å². The Morgan fingerprint density at radius 3 is 2.12 bits per heavy atom.